The highest BCUT2D eigenvalue weighted by Crippen LogP contribution is 2.45. The van der Waals surface area contributed by atoms with Crippen LogP contribution in [0.4, 0.5) is 5.69 Å². The molecule has 5 heteroatoms. The Morgan fingerprint density at radius 1 is 0.952 bits per heavy atom. The largest absolute Gasteiger partial charge is 0.274 e. The summed E-state index contributed by atoms with van der Waals surface area (Å²) in [7, 11) is 0. The number of hydrogen-bond donors (Lipinski definition) is 0. The van der Waals surface area contributed by atoms with E-state index in [4.69, 9.17) is 0 Å². The third-order valence-corrected chi connectivity index (χ3v) is 7.31. The molecule has 3 rings (SSSR count). The first-order chi connectivity index (χ1) is 9.91. The smallest absolute Gasteiger partial charge is 0.237 e. The summed E-state index contributed by atoms with van der Waals surface area (Å²) in [6, 6.07) is 5.85. The number of hydrogen-bond acceptors (Lipinski definition) is 2. The molecule has 0 spiro atoms. The second-order valence-corrected chi connectivity index (χ2v) is 8.32. The number of rotatable bonds is 1. The molecule has 0 aromatic heterocycles. The molecule has 1 aliphatic heterocycles. The topological polar surface area (TPSA) is 37.4 Å². The van der Waals surface area contributed by atoms with Crippen LogP contribution in [0.1, 0.15) is 24.0 Å². The van der Waals surface area contributed by atoms with Crippen LogP contribution in [-0.2, 0) is 9.59 Å². The summed E-state index contributed by atoms with van der Waals surface area (Å²) in [5, 5.41) is 0. The molecule has 4 atom stereocenters. The highest BCUT2D eigenvalue weighted by Gasteiger charge is 2.52. The van der Waals surface area contributed by atoms with Crippen molar-refractivity contribution in [1.82, 2.24) is 0 Å². The second-order valence-electron chi connectivity index (χ2n) is 5.97. The number of fused-ring (bicyclic) bond motifs is 1. The summed E-state index contributed by atoms with van der Waals surface area (Å²) >= 11 is 7.23. The number of nitrogens with zero attached hydrogens (tertiary/aromatic N) is 1. The van der Waals surface area contributed by atoms with Crippen LogP contribution in [-0.4, -0.2) is 21.5 Å². The number of para-hydroxylation sites is 1. The molecule has 0 radical (unpaired) electrons. The maximum atomic E-state index is 12.8. The molecule has 1 saturated carbocycles. The molecule has 0 N–H and O–H groups in total. The van der Waals surface area contributed by atoms with Crippen LogP contribution in [0.3, 0.4) is 0 Å². The summed E-state index contributed by atoms with van der Waals surface area (Å²) in [5.41, 5.74) is 2.72. The maximum Gasteiger partial charge on any atom is 0.237 e. The molecule has 1 saturated heterocycles. The van der Waals surface area contributed by atoms with Gasteiger partial charge in [-0.3, -0.25) is 9.59 Å². The SMILES string of the molecule is Cc1cccc(C)c1N1C(=O)[C@H]2C[C@@H](Br)[C@H](Br)C[C@H]2C1=O. The summed E-state index contributed by atoms with van der Waals surface area (Å²) in [5.74, 6) is -0.443. The fourth-order valence-electron chi connectivity index (χ4n) is 3.47. The zero-order chi connectivity index (χ0) is 15.3. The molecular weight excluding hydrogens is 398 g/mol. The molecular formula is C16H17Br2NO2. The molecule has 0 unspecified atom stereocenters. The van der Waals surface area contributed by atoms with Gasteiger partial charge in [0.2, 0.25) is 11.8 Å². The molecule has 2 aliphatic rings. The summed E-state index contributed by atoms with van der Waals surface area (Å²) in [4.78, 5) is 27.5. The zero-order valence-electron chi connectivity index (χ0n) is 12.0. The van der Waals surface area contributed by atoms with Crippen LogP contribution in [0.25, 0.3) is 0 Å². The number of carbonyl (C=O) groups excluding carboxylic acids is 2. The van der Waals surface area contributed by atoms with Crippen molar-refractivity contribution in [3.05, 3.63) is 29.3 Å². The van der Waals surface area contributed by atoms with E-state index >= 15 is 0 Å². The van der Waals surface area contributed by atoms with Gasteiger partial charge >= 0.3 is 0 Å². The van der Waals surface area contributed by atoms with Gasteiger partial charge in [-0.15, -0.1) is 0 Å². The van der Waals surface area contributed by atoms with E-state index in [0.29, 0.717) is 12.8 Å². The number of aryl methyl sites for hydroxylation is 2. The maximum absolute atomic E-state index is 12.8. The van der Waals surface area contributed by atoms with Gasteiger partial charge in [0.1, 0.15) is 0 Å². The van der Waals surface area contributed by atoms with E-state index < -0.39 is 0 Å². The highest BCUT2D eigenvalue weighted by molar-refractivity contribution is 9.12. The van der Waals surface area contributed by atoms with Crippen molar-refractivity contribution in [2.75, 3.05) is 4.90 Å². The van der Waals surface area contributed by atoms with Crippen LogP contribution in [0.15, 0.2) is 18.2 Å². The molecule has 21 heavy (non-hydrogen) atoms. The highest BCUT2D eigenvalue weighted by atomic mass is 79.9. The molecule has 112 valence electrons. The average molecular weight is 415 g/mol. The lowest BCUT2D eigenvalue weighted by molar-refractivity contribution is -0.122. The van der Waals surface area contributed by atoms with E-state index in [1.807, 2.05) is 32.0 Å². The van der Waals surface area contributed by atoms with Crippen molar-refractivity contribution in [2.45, 2.75) is 36.3 Å². The second kappa shape index (κ2) is 5.51. The predicted molar refractivity (Wildman–Crippen MR) is 90.1 cm³/mol. The van der Waals surface area contributed by atoms with Gasteiger partial charge in [-0.2, -0.15) is 0 Å². The molecule has 2 amide bonds. The number of alkyl halides is 2. The molecule has 2 fully saturated rings. The van der Waals surface area contributed by atoms with Crippen LogP contribution < -0.4 is 4.90 Å². The number of amides is 2. The molecule has 1 aromatic rings. The monoisotopic (exact) mass is 413 g/mol. The van der Waals surface area contributed by atoms with Gasteiger partial charge in [0.05, 0.1) is 17.5 Å². The van der Waals surface area contributed by atoms with Crippen LogP contribution in [0.2, 0.25) is 0 Å². The minimum atomic E-state index is -0.185. The molecule has 0 bridgehead atoms. The van der Waals surface area contributed by atoms with Crippen LogP contribution >= 0.6 is 31.9 Å². The number of anilines is 1. The van der Waals surface area contributed by atoms with Gasteiger partial charge in [-0.05, 0) is 37.8 Å². The summed E-state index contributed by atoms with van der Waals surface area (Å²) < 4.78 is 0. The van der Waals surface area contributed by atoms with Gasteiger partial charge < -0.3 is 0 Å². The summed E-state index contributed by atoms with van der Waals surface area (Å²) in [6.45, 7) is 3.90. The van der Waals surface area contributed by atoms with Gasteiger partial charge in [0.25, 0.3) is 0 Å². The van der Waals surface area contributed by atoms with Crippen LogP contribution in [0, 0.1) is 25.7 Å². The van der Waals surface area contributed by atoms with Gasteiger partial charge in [-0.1, -0.05) is 50.1 Å². The van der Waals surface area contributed by atoms with Crippen molar-refractivity contribution in [1.29, 1.82) is 0 Å². The number of carbonyl (C=O) groups is 2. The zero-order valence-corrected chi connectivity index (χ0v) is 15.1. The number of imide groups is 1. The first-order valence-electron chi connectivity index (χ1n) is 7.14. The average Bonchev–Trinajstić information content (AvgIpc) is 2.65. The molecule has 1 aromatic carbocycles. The third-order valence-electron chi connectivity index (χ3n) is 4.57. The first kappa shape index (κ1) is 15.2. The van der Waals surface area contributed by atoms with Gasteiger partial charge in [0, 0.05) is 9.65 Å². The molecule has 1 aliphatic carbocycles. The lowest BCUT2D eigenvalue weighted by Crippen LogP contribution is -2.34. The first-order valence-corrected chi connectivity index (χ1v) is 8.97. The fraction of sp³-hybridized carbons (Fsp3) is 0.500. The molecule has 1 heterocycles. The quantitative estimate of drug-likeness (QED) is 0.518. The fourth-order valence-corrected chi connectivity index (χ4v) is 4.71. The van der Waals surface area contributed by atoms with E-state index in [1.165, 1.54) is 4.90 Å². The van der Waals surface area contributed by atoms with Crippen molar-refractivity contribution < 1.29 is 9.59 Å². The van der Waals surface area contributed by atoms with Gasteiger partial charge in [0.15, 0.2) is 0 Å². The van der Waals surface area contributed by atoms with E-state index in [1.54, 1.807) is 0 Å². The Balaban J connectivity index is 2.02. The van der Waals surface area contributed by atoms with E-state index in [9.17, 15) is 9.59 Å². The normalized spacial score (nSPS) is 32.5. The minimum Gasteiger partial charge on any atom is -0.274 e. The lowest BCUT2D eigenvalue weighted by atomic mass is 9.81. The lowest BCUT2D eigenvalue weighted by Gasteiger charge is -2.29. The summed E-state index contributed by atoms with van der Waals surface area (Å²) in [6.07, 6.45) is 1.43. The Morgan fingerprint density at radius 2 is 1.38 bits per heavy atom. The Labute approximate surface area is 141 Å². The van der Waals surface area contributed by atoms with Crippen molar-refractivity contribution in [3.8, 4) is 0 Å². The Hall–Kier alpha value is -0.680. The van der Waals surface area contributed by atoms with E-state index in [0.717, 1.165) is 16.8 Å². The van der Waals surface area contributed by atoms with Crippen molar-refractivity contribution >= 4 is 49.4 Å². The standard InChI is InChI=1S/C16H17Br2NO2/c1-8-4-3-5-9(2)14(8)19-15(20)10-6-12(17)13(18)7-11(10)16(19)21/h3-5,10-13H,6-7H2,1-2H3/t10-,11+,12-,13-/m1/s1. The Kier molecular flexibility index (Phi) is 3.99. The number of halogens is 2. The third kappa shape index (κ3) is 2.38. The van der Waals surface area contributed by atoms with E-state index in [2.05, 4.69) is 31.9 Å². The molecule has 3 nitrogen and oxygen atoms in total. The van der Waals surface area contributed by atoms with Crippen molar-refractivity contribution in [2.24, 2.45) is 11.8 Å². The van der Waals surface area contributed by atoms with Crippen molar-refractivity contribution in [3.63, 3.8) is 0 Å². The predicted octanol–water partition coefficient (Wildman–Crippen LogP) is 3.73. The Bertz CT molecular complexity index is 568. The van der Waals surface area contributed by atoms with Crippen LogP contribution in [0.5, 0.6) is 0 Å². The van der Waals surface area contributed by atoms with E-state index in [-0.39, 0.29) is 33.3 Å². The Morgan fingerprint density at radius 3 is 1.81 bits per heavy atom. The number of benzene rings is 1. The van der Waals surface area contributed by atoms with Gasteiger partial charge in [-0.25, -0.2) is 4.90 Å². The minimum absolute atomic E-state index is 0.0359.